The number of aromatic hydroxyl groups is 1. The van der Waals surface area contributed by atoms with Crippen LogP contribution >= 0.6 is 0 Å². The number of amides is 5. The Hall–Kier alpha value is -4.20. The van der Waals surface area contributed by atoms with Crippen LogP contribution in [0.25, 0.3) is 0 Å². The van der Waals surface area contributed by atoms with Crippen molar-refractivity contribution >= 4 is 35.5 Å². The Morgan fingerprint density at radius 1 is 0.838 bits per heavy atom. The Labute approximate surface area is 213 Å². The molecule has 0 spiro atoms. The van der Waals surface area contributed by atoms with E-state index in [4.69, 9.17) is 17.2 Å². The van der Waals surface area contributed by atoms with Crippen LogP contribution in [0.1, 0.15) is 38.7 Å². The number of nitrogens with two attached hydrogens (primary N) is 3. The van der Waals surface area contributed by atoms with E-state index >= 15 is 0 Å². The molecule has 0 aliphatic rings. The SMILES string of the molecule is CC(C)C(NC(=O)C(N)CC(N)=O)C(=O)NC(Cc1ccc(O)cc1)C(=O)NC(CCC(N)=O)C(=O)O. The number of hydrogen-bond donors (Lipinski definition) is 8. The van der Waals surface area contributed by atoms with Gasteiger partial charge in [-0.3, -0.25) is 24.0 Å². The normalized spacial score (nSPS) is 14.1. The fourth-order valence-corrected chi connectivity index (χ4v) is 3.26. The van der Waals surface area contributed by atoms with E-state index in [1.54, 1.807) is 13.8 Å². The number of carboxylic acid groups (broad SMARTS) is 1. The molecule has 4 atom stereocenters. The Morgan fingerprint density at radius 2 is 1.41 bits per heavy atom. The summed E-state index contributed by atoms with van der Waals surface area (Å²) in [5.41, 5.74) is 16.3. The number of nitrogens with one attached hydrogen (secondary N) is 3. The number of primary amides is 2. The van der Waals surface area contributed by atoms with Crippen LogP contribution in [-0.2, 0) is 35.2 Å². The van der Waals surface area contributed by atoms with Gasteiger partial charge in [0.15, 0.2) is 0 Å². The summed E-state index contributed by atoms with van der Waals surface area (Å²) in [7, 11) is 0. The Bertz CT molecular complexity index is 997. The lowest BCUT2D eigenvalue weighted by molar-refractivity contribution is -0.142. The molecule has 0 fully saturated rings. The predicted molar refractivity (Wildman–Crippen MR) is 130 cm³/mol. The molecule has 4 unspecified atom stereocenters. The van der Waals surface area contributed by atoms with Crippen molar-refractivity contribution in [1.29, 1.82) is 0 Å². The van der Waals surface area contributed by atoms with Gasteiger partial charge in [-0.15, -0.1) is 0 Å². The first-order valence-corrected chi connectivity index (χ1v) is 11.4. The molecule has 0 saturated carbocycles. The molecule has 204 valence electrons. The number of hydrogen-bond acceptors (Lipinski definition) is 8. The number of benzene rings is 1. The van der Waals surface area contributed by atoms with Crippen molar-refractivity contribution in [2.75, 3.05) is 0 Å². The van der Waals surface area contributed by atoms with Gasteiger partial charge in [0.2, 0.25) is 29.5 Å². The van der Waals surface area contributed by atoms with E-state index < -0.39 is 72.0 Å². The van der Waals surface area contributed by atoms with Gasteiger partial charge in [-0.25, -0.2) is 4.79 Å². The highest BCUT2D eigenvalue weighted by atomic mass is 16.4. The zero-order chi connectivity index (χ0) is 28.3. The minimum absolute atomic E-state index is 0.0268. The molecule has 0 aromatic heterocycles. The van der Waals surface area contributed by atoms with E-state index in [-0.39, 0.29) is 25.0 Å². The molecule has 0 aliphatic heterocycles. The molecule has 0 heterocycles. The van der Waals surface area contributed by atoms with Gasteiger partial charge in [0.25, 0.3) is 0 Å². The first-order chi connectivity index (χ1) is 17.2. The lowest BCUT2D eigenvalue weighted by Crippen LogP contribution is -2.59. The summed E-state index contributed by atoms with van der Waals surface area (Å²) in [4.78, 5) is 72.2. The van der Waals surface area contributed by atoms with E-state index in [0.717, 1.165) is 0 Å². The van der Waals surface area contributed by atoms with Crippen molar-refractivity contribution in [1.82, 2.24) is 16.0 Å². The van der Waals surface area contributed by atoms with Crippen LogP contribution in [-0.4, -0.2) is 69.9 Å². The molecule has 0 bridgehead atoms. The second kappa shape index (κ2) is 14.4. The van der Waals surface area contributed by atoms with E-state index in [1.807, 2.05) is 0 Å². The Kier molecular flexibility index (Phi) is 12.0. The maximum absolute atomic E-state index is 13.1. The number of carbonyl (C=O) groups excluding carboxylic acids is 5. The van der Waals surface area contributed by atoms with Gasteiger partial charge in [-0.05, 0) is 30.0 Å². The van der Waals surface area contributed by atoms with Crippen LogP contribution in [0, 0.1) is 5.92 Å². The number of phenolic OH excluding ortho intramolecular Hbond substituents is 1. The second-order valence-corrected chi connectivity index (χ2v) is 8.84. The number of carbonyl (C=O) groups is 6. The quantitative estimate of drug-likeness (QED) is 0.122. The third-order valence-corrected chi connectivity index (χ3v) is 5.31. The van der Waals surface area contributed by atoms with Crippen LogP contribution in [0.4, 0.5) is 0 Å². The Balaban J connectivity index is 3.13. The lowest BCUT2D eigenvalue weighted by atomic mass is 10.00. The highest BCUT2D eigenvalue weighted by molar-refractivity contribution is 5.95. The molecule has 14 heteroatoms. The monoisotopic (exact) mass is 522 g/mol. The van der Waals surface area contributed by atoms with Crippen molar-refractivity contribution in [3.63, 3.8) is 0 Å². The summed E-state index contributed by atoms with van der Waals surface area (Å²) in [6.07, 6.45) is -1.09. The summed E-state index contributed by atoms with van der Waals surface area (Å²) in [6.45, 7) is 3.26. The number of rotatable bonds is 15. The summed E-state index contributed by atoms with van der Waals surface area (Å²) in [5, 5.41) is 26.2. The maximum atomic E-state index is 13.1. The van der Waals surface area contributed by atoms with Crippen molar-refractivity contribution < 1.29 is 39.0 Å². The average Bonchev–Trinajstić information content (AvgIpc) is 2.79. The lowest BCUT2D eigenvalue weighted by Gasteiger charge is -2.27. The fourth-order valence-electron chi connectivity index (χ4n) is 3.26. The molecule has 1 rings (SSSR count). The van der Waals surface area contributed by atoms with E-state index in [0.29, 0.717) is 5.56 Å². The maximum Gasteiger partial charge on any atom is 0.326 e. The summed E-state index contributed by atoms with van der Waals surface area (Å²) in [5.74, 6) is -5.88. The minimum atomic E-state index is -1.45. The van der Waals surface area contributed by atoms with Gasteiger partial charge in [0.05, 0.1) is 12.5 Å². The summed E-state index contributed by atoms with van der Waals surface area (Å²) in [6, 6.07) is 0.557. The molecule has 1 aromatic rings. The van der Waals surface area contributed by atoms with Gasteiger partial charge >= 0.3 is 5.97 Å². The van der Waals surface area contributed by atoms with Gasteiger partial charge in [-0.1, -0.05) is 26.0 Å². The van der Waals surface area contributed by atoms with Crippen molar-refractivity contribution in [3.05, 3.63) is 29.8 Å². The van der Waals surface area contributed by atoms with Crippen LogP contribution in [0.3, 0.4) is 0 Å². The van der Waals surface area contributed by atoms with Crippen LogP contribution in [0.2, 0.25) is 0 Å². The molecule has 0 radical (unpaired) electrons. The molecule has 11 N–H and O–H groups in total. The molecule has 0 saturated heterocycles. The Morgan fingerprint density at radius 3 is 1.89 bits per heavy atom. The predicted octanol–water partition coefficient (Wildman–Crippen LogP) is -2.40. The van der Waals surface area contributed by atoms with Gasteiger partial charge < -0.3 is 43.4 Å². The van der Waals surface area contributed by atoms with E-state index in [1.165, 1.54) is 24.3 Å². The highest BCUT2D eigenvalue weighted by Crippen LogP contribution is 2.13. The number of phenols is 1. The summed E-state index contributed by atoms with van der Waals surface area (Å²) < 4.78 is 0. The highest BCUT2D eigenvalue weighted by Gasteiger charge is 2.32. The number of aliphatic carboxylic acids is 1. The largest absolute Gasteiger partial charge is 0.508 e. The van der Waals surface area contributed by atoms with Gasteiger partial charge in [-0.2, -0.15) is 0 Å². The minimum Gasteiger partial charge on any atom is -0.508 e. The molecule has 1 aromatic carbocycles. The molecular formula is C23H34N6O8. The van der Waals surface area contributed by atoms with E-state index in [9.17, 15) is 39.0 Å². The van der Waals surface area contributed by atoms with Crippen LogP contribution in [0.15, 0.2) is 24.3 Å². The van der Waals surface area contributed by atoms with Crippen molar-refractivity contribution in [2.45, 2.75) is 63.7 Å². The van der Waals surface area contributed by atoms with Gasteiger partial charge in [0, 0.05) is 12.8 Å². The molecule has 14 nitrogen and oxygen atoms in total. The zero-order valence-electron chi connectivity index (χ0n) is 20.6. The van der Waals surface area contributed by atoms with Crippen molar-refractivity contribution in [3.8, 4) is 5.75 Å². The molecule has 0 aliphatic carbocycles. The molecule has 5 amide bonds. The second-order valence-electron chi connectivity index (χ2n) is 8.84. The first-order valence-electron chi connectivity index (χ1n) is 11.4. The first kappa shape index (κ1) is 30.8. The standard InChI is InChI=1S/C23H34N6O8/c1-11(2)19(29-20(33)14(24)10-18(26)32)22(35)28-16(9-12-3-5-13(30)6-4-12)21(34)27-15(23(36)37)7-8-17(25)31/h3-6,11,14-16,19,30H,7-10,24H2,1-2H3,(H2,25,31)(H2,26,32)(H,27,34)(H,28,35)(H,29,33)(H,36,37). The van der Waals surface area contributed by atoms with E-state index in [2.05, 4.69) is 16.0 Å². The third-order valence-electron chi connectivity index (χ3n) is 5.31. The molecule has 37 heavy (non-hydrogen) atoms. The van der Waals surface area contributed by atoms with Gasteiger partial charge in [0.1, 0.15) is 23.9 Å². The number of carboxylic acids is 1. The topological polar surface area (TPSA) is 257 Å². The zero-order valence-corrected chi connectivity index (χ0v) is 20.6. The average molecular weight is 523 g/mol. The molecular weight excluding hydrogens is 488 g/mol. The fraction of sp³-hybridized carbons (Fsp3) is 0.478. The van der Waals surface area contributed by atoms with Crippen LogP contribution in [0.5, 0.6) is 5.75 Å². The van der Waals surface area contributed by atoms with Crippen LogP contribution < -0.4 is 33.2 Å². The smallest absolute Gasteiger partial charge is 0.326 e. The third kappa shape index (κ3) is 10.9. The summed E-state index contributed by atoms with van der Waals surface area (Å²) >= 11 is 0. The van der Waals surface area contributed by atoms with Crippen molar-refractivity contribution in [2.24, 2.45) is 23.1 Å².